The molecule has 1 amide bonds. The maximum absolute atomic E-state index is 12.1. The lowest BCUT2D eigenvalue weighted by atomic mass is 9.80. The van der Waals surface area contributed by atoms with Gasteiger partial charge in [0.05, 0.1) is 36.9 Å². The van der Waals surface area contributed by atoms with E-state index in [2.05, 4.69) is 0 Å². The average Bonchev–Trinajstić information content (AvgIpc) is 2.67. The monoisotopic (exact) mass is 549 g/mol. The summed E-state index contributed by atoms with van der Waals surface area (Å²) >= 11 is 0. The summed E-state index contributed by atoms with van der Waals surface area (Å²) in [5, 5.41) is 21.6. The van der Waals surface area contributed by atoms with Crippen molar-refractivity contribution in [3.8, 4) is 0 Å². The van der Waals surface area contributed by atoms with Gasteiger partial charge in [-0.05, 0) is 19.8 Å². The number of ether oxygens (including phenoxy) is 3. The molecule has 11 nitrogen and oxygen atoms in total. The van der Waals surface area contributed by atoms with Crippen molar-refractivity contribution < 1.29 is 29.2 Å². The third-order valence-corrected chi connectivity index (χ3v) is 5.74. The highest BCUT2D eigenvalue weighted by molar-refractivity contribution is 5.86. The van der Waals surface area contributed by atoms with Crippen molar-refractivity contribution in [3.63, 3.8) is 0 Å². The normalized spacial score (nSPS) is 37.5. The third kappa shape index (κ3) is 7.91. The molecule has 0 aromatic carbocycles. The molecule has 15 heteroatoms. The Balaban J connectivity index is -0.00000210. The van der Waals surface area contributed by atoms with Gasteiger partial charge in [-0.2, -0.15) is 0 Å². The van der Waals surface area contributed by atoms with Gasteiger partial charge in [0.1, 0.15) is 18.3 Å². The summed E-state index contributed by atoms with van der Waals surface area (Å²) in [5.41, 5.74) is 23.6. The van der Waals surface area contributed by atoms with Gasteiger partial charge in [0, 0.05) is 20.2 Å². The van der Waals surface area contributed by atoms with Gasteiger partial charge in [-0.1, -0.05) is 0 Å². The first-order chi connectivity index (χ1) is 13.1. The molecule has 0 bridgehead atoms. The van der Waals surface area contributed by atoms with E-state index in [1.54, 1.807) is 0 Å². The number of halogens is 4. The van der Waals surface area contributed by atoms with Gasteiger partial charge in [-0.3, -0.25) is 4.79 Å². The minimum atomic E-state index is -1.25. The zero-order valence-electron chi connectivity index (χ0n) is 18.3. The molecule has 2 fully saturated rings. The lowest BCUT2D eigenvalue weighted by Gasteiger charge is -2.50. The van der Waals surface area contributed by atoms with Crippen LogP contribution >= 0.6 is 49.6 Å². The first kappa shape index (κ1) is 36.8. The van der Waals surface area contributed by atoms with Gasteiger partial charge >= 0.3 is 0 Å². The largest absolute Gasteiger partial charge is 0.389 e. The Kier molecular flexibility index (Phi) is 18.5. The van der Waals surface area contributed by atoms with Crippen LogP contribution in [-0.4, -0.2) is 103 Å². The summed E-state index contributed by atoms with van der Waals surface area (Å²) < 4.78 is 17.1. The highest BCUT2D eigenvalue weighted by Gasteiger charge is 2.53. The lowest BCUT2D eigenvalue weighted by molar-refractivity contribution is -0.267. The quantitative estimate of drug-likeness (QED) is 0.217. The SMILES string of the molecule is CO[C@H]1[C@@H](O)[C@H](N)[C@@H](O[C@H]2O[C@H]([C@@H](C)N)CC[C@H]2N)[C@H](O)[C@@H]1N(C)C(=O)CN.Cl.Cl.Cl.Cl. The van der Waals surface area contributed by atoms with E-state index in [0.29, 0.717) is 12.8 Å². The second-order valence-corrected chi connectivity index (χ2v) is 7.70. The molecule has 0 radical (unpaired) electrons. The number of nitrogens with zero attached hydrogens (tertiary/aromatic N) is 1. The molecular formula is C17H39Cl4N5O6. The molecule has 1 heterocycles. The second-order valence-electron chi connectivity index (χ2n) is 7.70. The Morgan fingerprint density at radius 1 is 1.12 bits per heavy atom. The van der Waals surface area contributed by atoms with Crippen LogP contribution in [0.4, 0.5) is 0 Å². The number of likely N-dealkylation sites (N-methyl/N-ethyl adjacent to an activating group) is 1. The van der Waals surface area contributed by atoms with Crippen LogP contribution in [0.1, 0.15) is 19.8 Å². The highest BCUT2D eigenvalue weighted by Crippen LogP contribution is 2.31. The summed E-state index contributed by atoms with van der Waals surface area (Å²) in [6.45, 7) is 1.58. The van der Waals surface area contributed by atoms with Crippen molar-refractivity contribution in [1.82, 2.24) is 4.90 Å². The zero-order valence-corrected chi connectivity index (χ0v) is 21.6. The van der Waals surface area contributed by atoms with Crippen molar-refractivity contribution in [2.75, 3.05) is 20.7 Å². The predicted molar refractivity (Wildman–Crippen MR) is 130 cm³/mol. The number of rotatable bonds is 6. The maximum Gasteiger partial charge on any atom is 0.236 e. The van der Waals surface area contributed by atoms with E-state index in [0.717, 1.165) is 0 Å². The number of aliphatic hydroxyl groups is 2. The summed E-state index contributed by atoms with van der Waals surface area (Å²) in [5.74, 6) is -0.421. The van der Waals surface area contributed by atoms with Crippen LogP contribution < -0.4 is 22.9 Å². The predicted octanol–water partition coefficient (Wildman–Crippen LogP) is -1.90. The maximum atomic E-state index is 12.1. The van der Waals surface area contributed by atoms with Gasteiger partial charge in [-0.25, -0.2) is 0 Å². The van der Waals surface area contributed by atoms with Crippen LogP contribution in [0.25, 0.3) is 0 Å². The molecule has 0 aromatic heterocycles. The Hall–Kier alpha value is 0.270. The van der Waals surface area contributed by atoms with Crippen LogP contribution in [0.15, 0.2) is 0 Å². The second kappa shape index (κ2) is 16.0. The van der Waals surface area contributed by atoms with Crippen LogP contribution in [0, 0.1) is 0 Å². The van der Waals surface area contributed by atoms with Crippen LogP contribution in [0.3, 0.4) is 0 Å². The minimum absolute atomic E-state index is 0. The van der Waals surface area contributed by atoms with E-state index in [1.165, 1.54) is 19.1 Å². The molecule has 1 saturated carbocycles. The molecule has 10 N–H and O–H groups in total. The van der Waals surface area contributed by atoms with Crippen molar-refractivity contribution in [2.45, 2.75) is 80.7 Å². The Bertz CT molecular complexity index is 544. The van der Waals surface area contributed by atoms with Crippen LogP contribution in [0.5, 0.6) is 0 Å². The zero-order chi connectivity index (χ0) is 21.2. The fraction of sp³-hybridized carbons (Fsp3) is 0.941. The molecule has 0 aromatic rings. The van der Waals surface area contributed by atoms with E-state index in [4.69, 9.17) is 37.1 Å². The highest BCUT2D eigenvalue weighted by atomic mass is 35.5. The summed E-state index contributed by atoms with van der Waals surface area (Å²) in [7, 11) is 2.85. The number of hydrogen-bond donors (Lipinski definition) is 6. The van der Waals surface area contributed by atoms with Gasteiger partial charge in [0.2, 0.25) is 5.91 Å². The molecule has 1 aliphatic heterocycles. The van der Waals surface area contributed by atoms with E-state index in [1.807, 2.05) is 6.92 Å². The molecule has 0 unspecified atom stereocenters. The average molecular weight is 551 g/mol. The first-order valence-corrected chi connectivity index (χ1v) is 9.56. The fourth-order valence-corrected chi connectivity index (χ4v) is 3.95. The number of nitrogens with two attached hydrogens (primary N) is 4. The lowest BCUT2D eigenvalue weighted by Crippen LogP contribution is -2.72. The number of amides is 1. The van der Waals surface area contributed by atoms with Crippen molar-refractivity contribution >= 4 is 55.5 Å². The Morgan fingerprint density at radius 2 is 1.69 bits per heavy atom. The number of hydrogen-bond acceptors (Lipinski definition) is 10. The first-order valence-electron chi connectivity index (χ1n) is 9.56. The number of carbonyl (C=O) groups excluding carboxylic acids is 1. The van der Waals surface area contributed by atoms with Crippen molar-refractivity contribution in [1.29, 1.82) is 0 Å². The van der Waals surface area contributed by atoms with Crippen molar-refractivity contribution in [2.24, 2.45) is 22.9 Å². The molecular weight excluding hydrogens is 512 g/mol. The van der Waals surface area contributed by atoms with Gasteiger partial charge in [-0.15, -0.1) is 49.6 Å². The molecule has 1 aliphatic carbocycles. The van der Waals surface area contributed by atoms with Crippen LogP contribution in [0.2, 0.25) is 0 Å². The summed E-state index contributed by atoms with van der Waals surface area (Å²) in [4.78, 5) is 13.3. The number of aliphatic hydroxyl groups excluding tert-OH is 2. The molecule has 10 atom stereocenters. The molecule has 2 rings (SSSR count). The number of carbonyl (C=O) groups is 1. The smallest absolute Gasteiger partial charge is 0.236 e. The third-order valence-electron chi connectivity index (χ3n) is 5.74. The van der Waals surface area contributed by atoms with E-state index >= 15 is 0 Å². The van der Waals surface area contributed by atoms with E-state index in [-0.39, 0.29) is 68.3 Å². The number of methoxy groups -OCH3 is 1. The van der Waals surface area contributed by atoms with Gasteiger partial charge in [0.15, 0.2) is 6.29 Å². The van der Waals surface area contributed by atoms with Gasteiger partial charge < -0.3 is 52.3 Å². The molecule has 196 valence electrons. The Morgan fingerprint density at radius 3 is 2.16 bits per heavy atom. The summed E-state index contributed by atoms with van der Waals surface area (Å²) in [6.07, 6.45) is -4.16. The minimum Gasteiger partial charge on any atom is -0.389 e. The molecule has 0 spiro atoms. The van der Waals surface area contributed by atoms with Crippen molar-refractivity contribution in [3.05, 3.63) is 0 Å². The fourth-order valence-electron chi connectivity index (χ4n) is 3.95. The Labute approximate surface area is 213 Å². The topological polar surface area (TPSA) is 193 Å². The summed E-state index contributed by atoms with van der Waals surface area (Å²) in [6, 6.07) is -2.55. The van der Waals surface area contributed by atoms with Crippen LogP contribution in [-0.2, 0) is 19.0 Å². The van der Waals surface area contributed by atoms with Gasteiger partial charge in [0.25, 0.3) is 0 Å². The molecule has 32 heavy (non-hydrogen) atoms. The van der Waals surface area contributed by atoms with E-state index in [9.17, 15) is 15.0 Å². The standard InChI is InChI=1S/C17H35N5O6.4ClH/c1-7(19)9-5-4-8(20)17(27-9)28-15-11(21)13(24)16(26-3)12(14(15)25)22(2)10(23)6-18;;;;/h7-9,11-17,24-25H,4-6,18-21H2,1-3H3;4*1H/t7-,8-,9+,11+,12+,13+,14-,15-,16-,17-;;;;/m1..../s1. The van der Waals surface area contributed by atoms with E-state index < -0.39 is 54.7 Å². The molecule has 1 saturated heterocycles. The molecule has 2 aliphatic rings.